The van der Waals surface area contributed by atoms with E-state index in [1.54, 1.807) is 0 Å². The molecule has 0 aliphatic carbocycles. The molecule has 12 heavy (non-hydrogen) atoms. The highest BCUT2D eigenvalue weighted by molar-refractivity contribution is 5.31. The van der Waals surface area contributed by atoms with Gasteiger partial charge in [-0.15, -0.1) is 0 Å². The molecule has 1 rings (SSSR count). The number of aliphatic hydroxyl groups is 1. The Morgan fingerprint density at radius 2 is 2.33 bits per heavy atom. The van der Waals surface area contributed by atoms with E-state index in [2.05, 4.69) is 5.32 Å². The summed E-state index contributed by atoms with van der Waals surface area (Å²) in [5.74, 6) is 0. The van der Waals surface area contributed by atoms with Crippen molar-refractivity contribution < 1.29 is 5.11 Å². The van der Waals surface area contributed by atoms with Gasteiger partial charge in [0.2, 0.25) is 0 Å². The largest absolute Gasteiger partial charge is 0.400 e. The zero-order valence-electron chi connectivity index (χ0n) is 7.59. The van der Waals surface area contributed by atoms with Crippen molar-refractivity contribution in [2.45, 2.75) is 25.8 Å². The highest BCUT2D eigenvalue weighted by atomic mass is 16.3. The molecule has 1 aliphatic rings. The van der Waals surface area contributed by atoms with Crippen LogP contribution in [0.5, 0.6) is 0 Å². The summed E-state index contributed by atoms with van der Waals surface area (Å²) in [5, 5.41) is 12.0. The van der Waals surface area contributed by atoms with Gasteiger partial charge in [-0.3, -0.25) is 0 Å². The van der Waals surface area contributed by atoms with E-state index < -0.39 is 0 Å². The van der Waals surface area contributed by atoms with Crippen molar-refractivity contribution in [1.29, 1.82) is 0 Å². The van der Waals surface area contributed by atoms with Crippen molar-refractivity contribution in [2.75, 3.05) is 6.61 Å². The molecule has 0 spiro atoms. The Morgan fingerprint density at radius 1 is 1.67 bits per heavy atom. The van der Waals surface area contributed by atoms with Crippen LogP contribution in [0.1, 0.15) is 20.3 Å². The van der Waals surface area contributed by atoms with Crippen molar-refractivity contribution in [1.82, 2.24) is 5.32 Å². The molecular weight excluding hydrogens is 152 g/mol. The van der Waals surface area contributed by atoms with Crippen LogP contribution < -0.4 is 11.1 Å². The van der Waals surface area contributed by atoms with Gasteiger partial charge in [-0.1, -0.05) is 0 Å². The van der Waals surface area contributed by atoms with E-state index in [1.807, 2.05) is 26.1 Å². The van der Waals surface area contributed by atoms with E-state index >= 15 is 0 Å². The zero-order chi connectivity index (χ0) is 9.19. The van der Waals surface area contributed by atoms with Crippen molar-refractivity contribution in [2.24, 2.45) is 5.73 Å². The predicted molar refractivity (Wildman–Crippen MR) is 49.3 cm³/mol. The van der Waals surface area contributed by atoms with Crippen molar-refractivity contribution in [3.63, 3.8) is 0 Å². The smallest absolute Gasteiger partial charge is 0.0757 e. The minimum absolute atomic E-state index is 0.144. The summed E-state index contributed by atoms with van der Waals surface area (Å²) >= 11 is 0. The molecular formula is C9H16N2O. The lowest BCUT2D eigenvalue weighted by atomic mass is 9.91. The molecule has 0 saturated carbocycles. The fourth-order valence-corrected chi connectivity index (χ4v) is 1.24. The molecule has 1 unspecified atom stereocenters. The second-order valence-corrected chi connectivity index (χ2v) is 3.44. The lowest BCUT2D eigenvalue weighted by molar-refractivity contribution is 0.246. The summed E-state index contributed by atoms with van der Waals surface area (Å²) in [5.41, 5.74) is 7.47. The fraction of sp³-hybridized carbons (Fsp3) is 0.556. The second kappa shape index (κ2) is 3.19. The summed E-state index contributed by atoms with van der Waals surface area (Å²) in [6.45, 7) is 4.11. The molecule has 0 bridgehead atoms. The number of nitrogens with two attached hydrogens (primary N) is 1. The Balaban J connectivity index is 2.78. The zero-order valence-corrected chi connectivity index (χ0v) is 7.59. The minimum Gasteiger partial charge on any atom is -0.400 e. The average molecular weight is 168 g/mol. The maximum Gasteiger partial charge on any atom is 0.0757 e. The first-order valence-corrected chi connectivity index (χ1v) is 4.11. The third kappa shape index (κ3) is 1.61. The molecule has 0 amide bonds. The first kappa shape index (κ1) is 9.13. The highest BCUT2D eigenvalue weighted by Gasteiger charge is 2.27. The van der Waals surface area contributed by atoms with Crippen LogP contribution in [0.4, 0.5) is 0 Å². The Morgan fingerprint density at radius 3 is 2.83 bits per heavy atom. The van der Waals surface area contributed by atoms with Gasteiger partial charge in [0.05, 0.1) is 5.54 Å². The Hall–Kier alpha value is -0.960. The van der Waals surface area contributed by atoms with Gasteiger partial charge in [-0.2, -0.15) is 0 Å². The van der Waals surface area contributed by atoms with E-state index in [1.165, 1.54) is 0 Å². The number of aliphatic hydroxyl groups excluding tert-OH is 1. The van der Waals surface area contributed by atoms with Gasteiger partial charge >= 0.3 is 0 Å². The summed E-state index contributed by atoms with van der Waals surface area (Å²) in [6.07, 6.45) is 4.50. The molecule has 3 nitrogen and oxygen atoms in total. The number of rotatable bonds is 2. The fourth-order valence-electron chi connectivity index (χ4n) is 1.24. The Kier molecular flexibility index (Phi) is 2.43. The van der Waals surface area contributed by atoms with Gasteiger partial charge in [0.1, 0.15) is 0 Å². The van der Waals surface area contributed by atoms with Crippen LogP contribution in [0, 0.1) is 0 Å². The number of hydrogen-bond acceptors (Lipinski definition) is 3. The predicted octanol–water partition coefficient (Wildman–Crippen LogP) is 0.477. The first-order valence-electron chi connectivity index (χ1n) is 4.11. The lowest BCUT2D eigenvalue weighted by Gasteiger charge is -2.33. The molecule has 0 aromatic carbocycles. The molecule has 0 saturated heterocycles. The normalized spacial score (nSPS) is 28.9. The summed E-state index contributed by atoms with van der Waals surface area (Å²) in [7, 11) is 0. The minimum atomic E-state index is -0.270. The first-order chi connectivity index (χ1) is 5.58. The molecule has 3 heteroatoms. The van der Waals surface area contributed by atoms with Crippen LogP contribution in [-0.2, 0) is 0 Å². The van der Waals surface area contributed by atoms with Gasteiger partial charge in [0.25, 0.3) is 0 Å². The molecule has 1 heterocycles. The van der Waals surface area contributed by atoms with Crippen LogP contribution in [0.15, 0.2) is 23.5 Å². The molecule has 0 aromatic heterocycles. The summed E-state index contributed by atoms with van der Waals surface area (Å²) < 4.78 is 0. The van der Waals surface area contributed by atoms with Gasteiger partial charge < -0.3 is 16.2 Å². The number of allylic oxidation sites excluding steroid dienone is 2. The molecule has 0 fully saturated rings. The molecule has 68 valence electrons. The average Bonchev–Trinajstić information content (AvgIpc) is 1.99. The Bertz CT molecular complexity index is 233. The monoisotopic (exact) mass is 168 g/mol. The van der Waals surface area contributed by atoms with Crippen LogP contribution in [0.25, 0.3) is 0 Å². The SMILES string of the molecule is CC1=CNC(C)(CCO)C(N)=C1. The molecule has 1 atom stereocenters. The molecule has 1 aliphatic heterocycles. The number of hydrogen-bond donors (Lipinski definition) is 3. The standard InChI is InChI=1S/C9H16N2O/c1-7-5-8(10)9(2,3-4-12)11-6-7/h5-6,11-12H,3-4,10H2,1-2H3. The lowest BCUT2D eigenvalue weighted by Crippen LogP contribution is -2.46. The molecule has 0 aromatic rings. The van der Waals surface area contributed by atoms with Crippen LogP contribution in [0.3, 0.4) is 0 Å². The van der Waals surface area contributed by atoms with Crippen LogP contribution in [-0.4, -0.2) is 17.3 Å². The van der Waals surface area contributed by atoms with E-state index in [0.717, 1.165) is 11.3 Å². The molecule has 0 radical (unpaired) electrons. The van der Waals surface area contributed by atoms with Gasteiger partial charge in [0.15, 0.2) is 0 Å². The topological polar surface area (TPSA) is 58.3 Å². The van der Waals surface area contributed by atoms with E-state index in [0.29, 0.717) is 6.42 Å². The van der Waals surface area contributed by atoms with Gasteiger partial charge in [-0.25, -0.2) is 0 Å². The summed E-state index contributed by atoms with van der Waals surface area (Å²) in [4.78, 5) is 0. The van der Waals surface area contributed by atoms with Crippen molar-refractivity contribution >= 4 is 0 Å². The van der Waals surface area contributed by atoms with Gasteiger partial charge in [-0.05, 0) is 31.9 Å². The second-order valence-electron chi connectivity index (χ2n) is 3.44. The van der Waals surface area contributed by atoms with E-state index in [-0.39, 0.29) is 12.1 Å². The van der Waals surface area contributed by atoms with Crippen LogP contribution >= 0.6 is 0 Å². The van der Waals surface area contributed by atoms with Gasteiger partial charge in [0, 0.05) is 18.5 Å². The van der Waals surface area contributed by atoms with E-state index in [9.17, 15) is 0 Å². The maximum absolute atomic E-state index is 8.82. The quantitative estimate of drug-likeness (QED) is 0.562. The Labute approximate surface area is 73.0 Å². The molecule has 4 N–H and O–H groups in total. The third-order valence-corrected chi connectivity index (χ3v) is 2.25. The number of dihydropyridines is 1. The summed E-state index contributed by atoms with van der Waals surface area (Å²) in [6, 6.07) is 0. The number of nitrogens with one attached hydrogen (secondary N) is 1. The highest BCUT2D eigenvalue weighted by Crippen LogP contribution is 2.21. The van der Waals surface area contributed by atoms with Crippen LogP contribution in [0.2, 0.25) is 0 Å². The maximum atomic E-state index is 8.82. The van der Waals surface area contributed by atoms with Crippen molar-refractivity contribution in [3.8, 4) is 0 Å². The third-order valence-electron chi connectivity index (χ3n) is 2.25. The van der Waals surface area contributed by atoms with Crippen molar-refractivity contribution in [3.05, 3.63) is 23.5 Å². The van der Waals surface area contributed by atoms with E-state index in [4.69, 9.17) is 10.8 Å².